The molecule has 38 heavy (non-hydrogen) atoms. The number of aryl methyl sites for hydroxylation is 1. The highest BCUT2D eigenvalue weighted by molar-refractivity contribution is 7.91. The van der Waals surface area contributed by atoms with Crippen molar-refractivity contribution in [2.24, 2.45) is 9.98 Å². The van der Waals surface area contributed by atoms with E-state index in [0.717, 1.165) is 5.56 Å². The van der Waals surface area contributed by atoms with Gasteiger partial charge in [-0.15, -0.1) is 0 Å². The van der Waals surface area contributed by atoms with Crippen LogP contribution in [0.15, 0.2) is 105 Å². The Hall–Kier alpha value is -4.10. The smallest absolute Gasteiger partial charge is 0.296 e. The number of hydrogen-bond donors (Lipinski definition) is 4. The predicted octanol–water partition coefficient (Wildman–Crippen LogP) is 5.21. The predicted molar refractivity (Wildman–Crippen MR) is 150 cm³/mol. The zero-order valence-corrected chi connectivity index (χ0v) is 22.0. The first-order valence-corrected chi connectivity index (χ1v) is 14.1. The van der Waals surface area contributed by atoms with Gasteiger partial charge in [0.2, 0.25) is 0 Å². The van der Waals surface area contributed by atoms with Crippen molar-refractivity contribution >= 4 is 60.1 Å². The highest BCUT2D eigenvalue weighted by Crippen LogP contribution is 2.30. The third-order valence-electron chi connectivity index (χ3n) is 5.48. The van der Waals surface area contributed by atoms with Crippen LogP contribution in [0.4, 0.5) is 28.4 Å². The molecule has 3 aromatic carbocycles. The zero-order valence-electron chi connectivity index (χ0n) is 20.3. The number of aliphatic imine (C=N–C) groups is 2. The zero-order chi connectivity index (χ0) is 27.5. The van der Waals surface area contributed by atoms with Gasteiger partial charge in [0.1, 0.15) is 9.80 Å². The summed E-state index contributed by atoms with van der Waals surface area (Å²) >= 11 is 0. The molecule has 0 aliphatic heterocycles. The van der Waals surface area contributed by atoms with Crippen LogP contribution in [0.5, 0.6) is 0 Å². The number of rotatable bonds is 7. The van der Waals surface area contributed by atoms with Crippen LogP contribution in [0.1, 0.15) is 5.56 Å². The van der Waals surface area contributed by atoms with E-state index in [1.807, 2.05) is 19.1 Å². The molecule has 4 N–H and O–H groups in total. The van der Waals surface area contributed by atoms with Crippen LogP contribution in [-0.2, 0) is 20.2 Å². The molecule has 0 saturated heterocycles. The van der Waals surface area contributed by atoms with Crippen molar-refractivity contribution in [3.63, 3.8) is 0 Å². The van der Waals surface area contributed by atoms with E-state index in [2.05, 4.69) is 20.6 Å². The normalized spacial score (nSPS) is 15.9. The van der Waals surface area contributed by atoms with Crippen LogP contribution < -0.4 is 10.6 Å². The van der Waals surface area contributed by atoms with Crippen LogP contribution in [0.2, 0.25) is 0 Å². The lowest BCUT2D eigenvalue weighted by atomic mass is 10.1. The third-order valence-corrected chi connectivity index (χ3v) is 7.25. The molecule has 0 heterocycles. The number of nitrogens with one attached hydrogen (secondary N) is 2. The molecule has 12 heteroatoms. The minimum absolute atomic E-state index is 0.0510. The van der Waals surface area contributed by atoms with E-state index >= 15 is 0 Å². The molecule has 10 nitrogen and oxygen atoms in total. The van der Waals surface area contributed by atoms with Crippen molar-refractivity contribution in [3.05, 3.63) is 95.4 Å². The second kappa shape index (κ2) is 10.7. The first kappa shape index (κ1) is 26.9. The fourth-order valence-electron chi connectivity index (χ4n) is 3.58. The number of nitrogens with zero attached hydrogens (tertiary/aromatic N) is 2. The van der Waals surface area contributed by atoms with Gasteiger partial charge in [-0.1, -0.05) is 17.7 Å². The van der Waals surface area contributed by atoms with Crippen molar-refractivity contribution in [2.75, 3.05) is 17.7 Å². The Morgan fingerprint density at radius 3 is 1.95 bits per heavy atom. The molecule has 0 saturated carbocycles. The van der Waals surface area contributed by atoms with E-state index in [0.29, 0.717) is 28.5 Å². The lowest BCUT2D eigenvalue weighted by Gasteiger charge is -2.14. The van der Waals surface area contributed by atoms with Crippen LogP contribution in [0, 0.1) is 6.92 Å². The summed E-state index contributed by atoms with van der Waals surface area (Å²) < 4.78 is 67.1. The third kappa shape index (κ3) is 6.61. The Bertz CT molecular complexity index is 1710. The summed E-state index contributed by atoms with van der Waals surface area (Å²) in [6, 6.07) is 18.4. The van der Waals surface area contributed by atoms with Crippen molar-refractivity contribution in [1.82, 2.24) is 0 Å². The Kier molecular flexibility index (Phi) is 7.60. The van der Waals surface area contributed by atoms with Crippen LogP contribution in [0.3, 0.4) is 0 Å². The standard InChI is InChI=1S/C26H24N4O6S2/c1-17-3-5-19(6-4-17)29-24-14-12-22(16-26(24)38(34,35)36)28-18-7-9-20(10-8-18)30-23-13-11-21(27-2)15-25(23)37(31,32)33/h3-16,28-29H,1-2H3,(H,31,32,33)(H,34,35,36). The molecule has 196 valence electrons. The minimum atomic E-state index is -4.53. The maximum absolute atomic E-state index is 12.1. The molecule has 1 aliphatic carbocycles. The van der Waals surface area contributed by atoms with Crippen molar-refractivity contribution in [2.45, 2.75) is 11.8 Å². The summed E-state index contributed by atoms with van der Waals surface area (Å²) in [6.07, 6.45) is 4.25. The van der Waals surface area contributed by atoms with Gasteiger partial charge in [-0.3, -0.25) is 14.1 Å². The molecule has 0 unspecified atom stereocenters. The molecule has 0 aromatic heterocycles. The molecule has 0 bridgehead atoms. The SMILES string of the molecule is CN=C1C=CC(=Nc2ccc(Nc3ccc(Nc4ccc(C)cc4)c(S(=O)(=O)O)c3)cc2)C(S(=O)(=O)O)=C1. The highest BCUT2D eigenvalue weighted by atomic mass is 32.2. The number of allylic oxidation sites excluding steroid dienone is 4. The van der Waals surface area contributed by atoms with E-state index in [1.165, 1.54) is 31.3 Å². The molecule has 0 fully saturated rings. The largest absolute Gasteiger partial charge is 0.355 e. The first-order valence-electron chi connectivity index (χ1n) is 11.2. The van der Waals surface area contributed by atoms with Gasteiger partial charge in [0, 0.05) is 24.1 Å². The summed E-state index contributed by atoms with van der Waals surface area (Å²) in [5.41, 5.74) is 3.76. The average Bonchev–Trinajstić information content (AvgIpc) is 2.86. The van der Waals surface area contributed by atoms with Gasteiger partial charge >= 0.3 is 0 Å². The minimum Gasteiger partial charge on any atom is -0.355 e. The van der Waals surface area contributed by atoms with Crippen LogP contribution in [-0.4, -0.2) is 44.4 Å². The molecule has 0 radical (unpaired) electrons. The Balaban J connectivity index is 1.57. The molecule has 0 amide bonds. The van der Waals surface area contributed by atoms with E-state index < -0.39 is 20.2 Å². The average molecular weight is 553 g/mol. The molecular weight excluding hydrogens is 528 g/mol. The van der Waals surface area contributed by atoms with E-state index in [1.54, 1.807) is 48.5 Å². The molecule has 0 spiro atoms. The quantitative estimate of drug-likeness (QED) is 0.230. The van der Waals surface area contributed by atoms with Gasteiger partial charge in [-0.05, 0) is 79.7 Å². The molecule has 4 rings (SSSR count). The van der Waals surface area contributed by atoms with E-state index in [9.17, 15) is 25.9 Å². The van der Waals surface area contributed by atoms with Crippen molar-refractivity contribution in [3.8, 4) is 0 Å². The van der Waals surface area contributed by atoms with Gasteiger partial charge < -0.3 is 10.6 Å². The summed E-state index contributed by atoms with van der Waals surface area (Å²) in [7, 11) is -7.55. The molecule has 3 aromatic rings. The van der Waals surface area contributed by atoms with Crippen molar-refractivity contribution < 1.29 is 25.9 Å². The number of anilines is 4. The van der Waals surface area contributed by atoms with Crippen LogP contribution in [0.25, 0.3) is 0 Å². The lowest BCUT2D eigenvalue weighted by molar-refractivity contribution is 0.483. The van der Waals surface area contributed by atoms with E-state index in [-0.39, 0.29) is 21.2 Å². The second-order valence-corrected chi connectivity index (χ2v) is 11.1. The van der Waals surface area contributed by atoms with Crippen LogP contribution >= 0.6 is 0 Å². The van der Waals surface area contributed by atoms with Crippen molar-refractivity contribution in [1.29, 1.82) is 0 Å². The Morgan fingerprint density at radius 1 is 0.737 bits per heavy atom. The lowest BCUT2D eigenvalue weighted by Crippen LogP contribution is -2.16. The maximum Gasteiger partial charge on any atom is 0.296 e. The molecule has 1 aliphatic rings. The van der Waals surface area contributed by atoms with Gasteiger partial charge in [-0.25, -0.2) is 4.99 Å². The topological polar surface area (TPSA) is 158 Å². The fourth-order valence-corrected chi connectivity index (χ4v) is 4.90. The van der Waals surface area contributed by atoms with Gasteiger partial charge in [0.05, 0.1) is 22.8 Å². The maximum atomic E-state index is 12.1. The molecule has 0 atom stereocenters. The van der Waals surface area contributed by atoms with Gasteiger partial charge in [-0.2, -0.15) is 16.8 Å². The Labute approximate surface area is 220 Å². The van der Waals surface area contributed by atoms with Gasteiger partial charge in [0.25, 0.3) is 20.2 Å². The second-order valence-electron chi connectivity index (χ2n) is 8.31. The fraction of sp³-hybridized carbons (Fsp3) is 0.0769. The summed E-state index contributed by atoms with van der Waals surface area (Å²) in [4.78, 5) is 7.56. The molecular formula is C26H24N4O6S2. The Morgan fingerprint density at radius 2 is 1.34 bits per heavy atom. The summed E-state index contributed by atoms with van der Waals surface area (Å²) in [6.45, 7) is 1.94. The first-order chi connectivity index (χ1) is 17.9. The number of benzene rings is 3. The monoisotopic (exact) mass is 552 g/mol. The number of hydrogen-bond acceptors (Lipinski definition) is 8. The summed E-state index contributed by atoms with van der Waals surface area (Å²) in [5, 5.41) is 6.07. The summed E-state index contributed by atoms with van der Waals surface area (Å²) in [5.74, 6) is 0. The van der Waals surface area contributed by atoms with E-state index in [4.69, 9.17) is 0 Å². The highest BCUT2D eigenvalue weighted by Gasteiger charge is 2.22. The van der Waals surface area contributed by atoms with Gasteiger partial charge in [0.15, 0.2) is 0 Å².